The third-order valence-corrected chi connectivity index (χ3v) is 35.7. The second kappa shape index (κ2) is 45.3. The van der Waals surface area contributed by atoms with E-state index >= 15 is 0 Å². The molecule has 15 fully saturated rings. The van der Waals surface area contributed by atoms with E-state index in [0.717, 1.165) is 115 Å². The smallest absolute Gasteiger partial charge is 0.306 e. The van der Waals surface area contributed by atoms with E-state index in [1.165, 1.54) is 141 Å². The molecule has 0 bridgehead atoms. The van der Waals surface area contributed by atoms with E-state index in [-0.39, 0.29) is 66.2 Å². The molecule has 732 valence electrons. The highest BCUT2D eigenvalue weighted by molar-refractivity contribution is 9.10. The third kappa shape index (κ3) is 22.9. The molecule has 10 saturated carbocycles. The molecule has 0 amide bonds. The SMILES string of the molecule is N#Cc1cccc(-c2ccc(/C=C/[C@H]3[C@@H]4CCCC[C@H]4C[C@@H]4OC(=O)C[C@H]34)nc2)c1.N#Cc1ccccc1-c1ccc(/C=C/[C@H]2[C@@H]3CCCC[C@H]3C[C@@H]3OC(=O)C[C@H]23)nc1.O=C1C[C@@H]2[C@@H](/C=C/c3ccc(-c4cc(Cl)ccc4Cl)cn3)[C@@H]3CCCC[C@H]3C[C@@H]2O1.O=C1C[C@@H]2[C@@H](/C=C/c3ccc(-c4cccc(F)c4)cn3)[C@@H]3CCCC[C@H]3C[C@@H]2O1.O=C1C[C@@H]2[C@@H](/C=C/c3ccc(Br)cn3)[C@@H]3CCCC[C@H]3C[C@@H]2O1. The van der Waals surface area contributed by atoms with Gasteiger partial charge in [-0.05, 0) is 295 Å². The summed E-state index contributed by atoms with van der Waals surface area (Å²) in [6, 6.07) is 51.8. The number of esters is 5. The van der Waals surface area contributed by atoms with Gasteiger partial charge < -0.3 is 23.7 Å². The zero-order chi connectivity index (χ0) is 97.3. The van der Waals surface area contributed by atoms with E-state index in [1.807, 2.05) is 140 Å². The zero-order valence-corrected chi connectivity index (χ0v) is 83.6. The van der Waals surface area contributed by atoms with Crippen LogP contribution in [0.1, 0.15) is 232 Å². The minimum atomic E-state index is -0.242. The van der Waals surface area contributed by atoms with E-state index in [9.17, 15) is 33.6 Å². The van der Waals surface area contributed by atoms with Crippen LogP contribution < -0.4 is 0 Å². The summed E-state index contributed by atoms with van der Waals surface area (Å²) in [6.07, 6.45) is 65.7. The van der Waals surface area contributed by atoms with Gasteiger partial charge in [0, 0.05) is 108 Å². The molecule has 142 heavy (non-hydrogen) atoms. The number of nitrogens with zero attached hydrogens (tertiary/aromatic N) is 7. The van der Waals surface area contributed by atoms with Crippen molar-refractivity contribution in [2.45, 2.75) is 223 Å². The molecule has 0 spiro atoms. The number of hydrogen-bond donors (Lipinski definition) is 0. The summed E-state index contributed by atoms with van der Waals surface area (Å²) in [5, 5.41) is 19.8. The maximum absolute atomic E-state index is 13.5. The van der Waals surface area contributed by atoms with Crippen molar-refractivity contribution in [2.75, 3.05) is 0 Å². The van der Waals surface area contributed by atoms with Gasteiger partial charge in [-0.25, -0.2) is 4.39 Å². The van der Waals surface area contributed by atoms with Crippen LogP contribution >= 0.6 is 39.1 Å². The van der Waals surface area contributed by atoms with Crippen molar-refractivity contribution in [1.29, 1.82) is 10.5 Å². The van der Waals surface area contributed by atoms with Gasteiger partial charge in [0.15, 0.2) is 0 Å². The summed E-state index contributed by atoms with van der Waals surface area (Å²) < 4.78 is 42.7. The number of benzene rings is 4. The van der Waals surface area contributed by atoms with E-state index in [2.05, 4.69) is 120 Å². The summed E-state index contributed by atoms with van der Waals surface area (Å²) >= 11 is 15.9. The van der Waals surface area contributed by atoms with Crippen LogP contribution in [0.5, 0.6) is 0 Å². The fourth-order valence-corrected chi connectivity index (χ4v) is 28.7. The topological polar surface area (TPSA) is 244 Å². The lowest BCUT2D eigenvalue weighted by molar-refractivity contribution is -0.144. The lowest BCUT2D eigenvalue weighted by Crippen LogP contribution is -2.41. The average Bonchev–Trinajstić information content (AvgIpc) is 1.61. The van der Waals surface area contributed by atoms with E-state index < -0.39 is 0 Å². The first-order valence-corrected chi connectivity index (χ1v) is 54.0. The van der Waals surface area contributed by atoms with Crippen LogP contribution in [-0.2, 0) is 47.7 Å². The van der Waals surface area contributed by atoms with Crippen molar-refractivity contribution in [3.8, 4) is 56.6 Å². The lowest BCUT2D eigenvalue weighted by Gasteiger charge is -2.45. The number of halogens is 4. The Morgan fingerprint density at radius 3 is 0.972 bits per heavy atom. The molecule has 17 nitrogen and oxygen atoms in total. The average molecular weight is 2010 g/mol. The molecule has 0 unspecified atom stereocenters. The molecule has 21 heteroatoms. The Kier molecular flexibility index (Phi) is 31.3. The van der Waals surface area contributed by atoms with Gasteiger partial charge in [0.25, 0.3) is 0 Å². The van der Waals surface area contributed by atoms with Crippen molar-refractivity contribution < 1.29 is 52.0 Å². The standard InChI is InChI=1S/2C26H26N2O2.C25H25Cl2NO2.C25H26FNO2.C19H22BrNO2/c27-15-18-6-2-3-7-21(18)19-9-10-20(28-16-19)11-12-23-22-8-4-1-5-17(22)13-25-24(23)14-26(29)30-25;27-15-17-4-3-6-18(12-17)20-8-9-21(28-16-20)10-11-23-22-7-2-1-5-19(22)13-25-24(23)14-26(29)30-25;26-17-6-10-23(27)21(12-17)16-5-7-18(28-14-16)8-9-20-19-4-2-1-3-15(19)11-24-22(20)13-25(29)30-24;26-19-6-3-5-16(12-19)18-8-9-20(27-15-18)10-11-22-21-7-2-1-4-17(21)13-24-23(22)14-25(28)29-24;20-13-5-6-14(21-11-13)7-8-16-15-4-2-1-3-12(15)9-18-17(16)10-19(22)23-18/h2-3,6-7,9-12,16-17,22-25H,1,4-5,8,13-14H2;3-4,6,8-12,16,19,22-25H,1-2,5,7,13-14H2;5-10,12,14-15,19-20,22,24H,1-4,11,13H2;3,5-6,8-12,15,17,21-24H,1-2,4,7,13-14H2;5-8,11-12,15-18H,1-4,9-10H2/b12-11+;11-10+;9-8+;11-10+;8-7+/t17-,22+,23-,24+,25-;19-,22+,23-,24+,25-;15-,19+,20-,22+,24-;17-,21+,22-,23+,24-;12-,15+,16-,17+,18-/m00000/s1. The molecule has 15 aliphatic rings. The number of hydrogen-bond acceptors (Lipinski definition) is 17. The molecule has 0 radical (unpaired) electrons. The Labute approximate surface area is 852 Å². The van der Waals surface area contributed by atoms with Crippen LogP contribution in [0.2, 0.25) is 10.0 Å². The molecular formula is C121H125BrCl2FN7O10. The maximum Gasteiger partial charge on any atom is 0.306 e. The Balaban J connectivity index is 0.000000109. The van der Waals surface area contributed by atoms with Crippen LogP contribution in [0.3, 0.4) is 0 Å². The van der Waals surface area contributed by atoms with E-state index in [4.69, 9.17) is 52.1 Å². The van der Waals surface area contributed by atoms with E-state index in [1.54, 1.807) is 24.4 Å². The molecule has 25 atom stereocenters. The van der Waals surface area contributed by atoms with Crippen molar-refractivity contribution in [2.24, 2.45) is 118 Å². The number of fused-ring (bicyclic) bond motifs is 10. The molecule has 10 heterocycles. The van der Waals surface area contributed by atoms with Crippen LogP contribution in [0.15, 0.2) is 217 Å². The van der Waals surface area contributed by atoms with Gasteiger partial charge in [-0.2, -0.15) is 10.5 Å². The monoisotopic (exact) mass is 2000 g/mol. The number of nitriles is 2. The Morgan fingerprint density at radius 1 is 0.317 bits per heavy atom. The molecule has 5 saturated heterocycles. The summed E-state index contributed by atoms with van der Waals surface area (Å²) in [6.45, 7) is 0. The summed E-state index contributed by atoms with van der Waals surface area (Å²) in [5.41, 5.74) is 13.3. The predicted molar refractivity (Wildman–Crippen MR) is 553 cm³/mol. The molecule has 10 aliphatic carbocycles. The first kappa shape index (κ1) is 98.1. The summed E-state index contributed by atoms with van der Waals surface area (Å²) in [7, 11) is 0. The van der Waals surface area contributed by atoms with Gasteiger partial charge in [0.2, 0.25) is 0 Å². The van der Waals surface area contributed by atoms with Crippen molar-refractivity contribution >= 4 is 99.4 Å². The lowest BCUT2D eigenvalue weighted by atomic mass is 9.60. The minimum absolute atomic E-state index is 0.00110. The van der Waals surface area contributed by atoms with Gasteiger partial charge in [0.05, 0.1) is 83.8 Å². The largest absolute Gasteiger partial charge is 0.462 e. The van der Waals surface area contributed by atoms with Gasteiger partial charge in [0.1, 0.15) is 36.3 Å². The molecule has 4 aromatic carbocycles. The first-order chi connectivity index (χ1) is 69.4. The Bertz CT molecular complexity index is 6260. The predicted octanol–water partition coefficient (Wildman–Crippen LogP) is 27.9. The zero-order valence-electron chi connectivity index (χ0n) is 80.5. The molecule has 5 aromatic heterocycles. The number of carbonyl (C=O) groups is 5. The van der Waals surface area contributed by atoms with Gasteiger partial charge in [-0.15, -0.1) is 0 Å². The third-order valence-electron chi connectivity index (χ3n) is 34.7. The fraction of sp³-hybridized carbons (Fsp3) is 0.455. The molecule has 24 rings (SSSR count). The first-order valence-electron chi connectivity index (χ1n) is 52.5. The Hall–Kier alpha value is -11.4. The van der Waals surface area contributed by atoms with Gasteiger partial charge >= 0.3 is 29.8 Å². The summed E-state index contributed by atoms with van der Waals surface area (Å²) in [5.74, 6) is 10.1. The number of pyridine rings is 5. The van der Waals surface area contributed by atoms with Gasteiger partial charge in [-0.3, -0.25) is 48.9 Å². The van der Waals surface area contributed by atoms with Crippen molar-refractivity contribution in [3.05, 3.63) is 273 Å². The quantitative estimate of drug-likeness (QED) is 0.0725. The normalized spacial score (nSPS) is 31.6. The maximum atomic E-state index is 13.5. The highest BCUT2D eigenvalue weighted by Gasteiger charge is 2.55. The van der Waals surface area contributed by atoms with Crippen LogP contribution in [0.4, 0.5) is 4.39 Å². The number of carbonyl (C=O) groups excluding carboxylic acids is 5. The minimum Gasteiger partial charge on any atom is -0.462 e. The molecule has 5 aliphatic heterocycles. The number of aromatic nitrogens is 5. The summed E-state index contributed by atoms with van der Waals surface area (Å²) in [4.78, 5) is 82.6. The van der Waals surface area contributed by atoms with Crippen molar-refractivity contribution in [3.63, 3.8) is 0 Å². The number of ether oxygens (including phenoxy) is 5. The van der Waals surface area contributed by atoms with E-state index in [0.29, 0.717) is 166 Å². The molecule has 9 aromatic rings. The van der Waals surface area contributed by atoms with Crippen LogP contribution in [-0.4, -0.2) is 85.3 Å². The van der Waals surface area contributed by atoms with Gasteiger partial charge in [-0.1, -0.05) is 217 Å². The van der Waals surface area contributed by atoms with Crippen molar-refractivity contribution in [1.82, 2.24) is 24.9 Å². The Morgan fingerprint density at radius 2 is 0.641 bits per heavy atom. The highest BCUT2D eigenvalue weighted by atomic mass is 79.9. The molecule has 0 N–H and O–H groups in total. The second-order valence-corrected chi connectivity index (χ2v) is 44.4. The second-order valence-electron chi connectivity index (χ2n) is 42.7. The highest BCUT2D eigenvalue weighted by Crippen LogP contribution is 2.58. The number of allylic oxidation sites excluding steroid dienone is 5. The van der Waals surface area contributed by atoms with Crippen LogP contribution in [0.25, 0.3) is 74.9 Å². The fourth-order valence-electron chi connectivity index (χ4n) is 28.1. The number of rotatable bonds is 14. The van der Waals surface area contributed by atoms with Crippen LogP contribution in [0, 0.1) is 147 Å². The molecular weight excluding hydrogens is 1880 g/mol.